The lowest BCUT2D eigenvalue weighted by atomic mass is 9.99. The SMILES string of the molecule is O=C(O)N1CC=C(c2ccc3[nH]c(=O)sc3c2)CC1. The first kappa shape index (κ1) is 12.0. The topological polar surface area (TPSA) is 73.4 Å². The second-order valence-electron chi connectivity index (χ2n) is 4.43. The van der Waals surface area contributed by atoms with Crippen molar-refractivity contribution in [3.8, 4) is 0 Å². The highest BCUT2D eigenvalue weighted by atomic mass is 32.1. The smallest absolute Gasteiger partial charge is 0.407 e. The van der Waals surface area contributed by atoms with Crippen LogP contribution in [0.5, 0.6) is 0 Å². The van der Waals surface area contributed by atoms with Crippen LogP contribution in [-0.2, 0) is 0 Å². The quantitative estimate of drug-likeness (QED) is 0.839. The van der Waals surface area contributed by atoms with Crippen LogP contribution in [-0.4, -0.2) is 34.2 Å². The van der Waals surface area contributed by atoms with Gasteiger partial charge < -0.3 is 15.0 Å². The number of aromatic nitrogens is 1. The van der Waals surface area contributed by atoms with Crippen molar-refractivity contribution in [2.45, 2.75) is 6.42 Å². The van der Waals surface area contributed by atoms with Gasteiger partial charge in [0.05, 0.1) is 10.2 Å². The van der Waals surface area contributed by atoms with Crippen LogP contribution in [0.4, 0.5) is 4.79 Å². The molecular formula is C13H12N2O3S. The number of rotatable bonds is 1. The first-order valence-corrected chi connectivity index (χ1v) is 6.75. The van der Waals surface area contributed by atoms with Crippen LogP contribution in [0, 0.1) is 0 Å². The molecule has 1 aromatic carbocycles. The van der Waals surface area contributed by atoms with E-state index >= 15 is 0 Å². The van der Waals surface area contributed by atoms with Gasteiger partial charge in [0.2, 0.25) is 0 Å². The van der Waals surface area contributed by atoms with E-state index in [4.69, 9.17) is 5.11 Å². The van der Waals surface area contributed by atoms with Crippen LogP contribution >= 0.6 is 11.3 Å². The van der Waals surface area contributed by atoms with Gasteiger partial charge >= 0.3 is 11.0 Å². The third kappa shape index (κ3) is 2.26. The Labute approximate surface area is 112 Å². The predicted molar refractivity (Wildman–Crippen MR) is 74.6 cm³/mol. The number of hydrogen-bond donors (Lipinski definition) is 2. The largest absolute Gasteiger partial charge is 0.465 e. The van der Waals surface area contributed by atoms with Crippen molar-refractivity contribution in [2.75, 3.05) is 13.1 Å². The fraction of sp³-hybridized carbons (Fsp3) is 0.231. The molecule has 1 aliphatic rings. The Morgan fingerprint density at radius 1 is 1.42 bits per heavy atom. The monoisotopic (exact) mass is 276 g/mol. The number of hydrogen-bond acceptors (Lipinski definition) is 3. The number of aromatic amines is 1. The number of fused-ring (bicyclic) bond motifs is 1. The molecule has 0 saturated carbocycles. The molecule has 1 aromatic heterocycles. The van der Waals surface area contributed by atoms with E-state index in [1.165, 1.54) is 16.2 Å². The molecular weight excluding hydrogens is 264 g/mol. The van der Waals surface area contributed by atoms with E-state index in [0.29, 0.717) is 19.5 Å². The third-order valence-electron chi connectivity index (χ3n) is 3.27. The van der Waals surface area contributed by atoms with Gasteiger partial charge in [0.1, 0.15) is 0 Å². The summed E-state index contributed by atoms with van der Waals surface area (Å²) in [5.74, 6) is 0. The van der Waals surface area contributed by atoms with Gasteiger partial charge in [-0.1, -0.05) is 23.5 Å². The summed E-state index contributed by atoms with van der Waals surface area (Å²) in [6.07, 6.45) is 1.76. The lowest BCUT2D eigenvalue weighted by molar-refractivity contribution is 0.150. The van der Waals surface area contributed by atoms with Gasteiger partial charge in [0.25, 0.3) is 0 Å². The van der Waals surface area contributed by atoms with Crippen LogP contribution in [0.1, 0.15) is 12.0 Å². The molecule has 0 fully saturated rings. The second-order valence-corrected chi connectivity index (χ2v) is 5.45. The summed E-state index contributed by atoms with van der Waals surface area (Å²) >= 11 is 1.19. The van der Waals surface area contributed by atoms with Crippen LogP contribution in [0.15, 0.2) is 29.1 Å². The number of H-pyrrole nitrogens is 1. The van der Waals surface area contributed by atoms with E-state index in [-0.39, 0.29) is 4.87 Å². The molecule has 0 saturated heterocycles. The van der Waals surface area contributed by atoms with Crippen LogP contribution in [0.25, 0.3) is 15.8 Å². The molecule has 1 amide bonds. The van der Waals surface area contributed by atoms with Gasteiger partial charge in [-0.2, -0.15) is 0 Å². The van der Waals surface area contributed by atoms with Gasteiger partial charge in [-0.25, -0.2) is 4.79 Å². The number of carbonyl (C=O) groups is 1. The minimum atomic E-state index is -0.880. The van der Waals surface area contributed by atoms with Crippen molar-refractivity contribution in [2.24, 2.45) is 0 Å². The normalized spacial score (nSPS) is 15.6. The lowest BCUT2D eigenvalue weighted by Crippen LogP contribution is -2.33. The Morgan fingerprint density at radius 3 is 2.95 bits per heavy atom. The zero-order valence-corrected chi connectivity index (χ0v) is 10.9. The molecule has 0 bridgehead atoms. The maximum Gasteiger partial charge on any atom is 0.407 e. The summed E-state index contributed by atoms with van der Waals surface area (Å²) in [4.78, 5) is 26.2. The first-order chi connectivity index (χ1) is 9.13. The minimum absolute atomic E-state index is 0.0539. The standard InChI is InChI=1S/C13H12N2O3S/c16-12-14-10-2-1-9(7-11(10)19-12)8-3-5-15(6-4-8)13(17)18/h1-3,7H,4-6H2,(H,14,16)(H,17,18). The van der Waals surface area contributed by atoms with Crippen molar-refractivity contribution in [1.82, 2.24) is 9.88 Å². The van der Waals surface area contributed by atoms with Gasteiger partial charge in [-0.3, -0.25) is 4.79 Å². The number of thiazole rings is 1. The van der Waals surface area contributed by atoms with Gasteiger partial charge in [-0.05, 0) is 29.7 Å². The predicted octanol–water partition coefficient (Wildman–Crippen LogP) is 2.36. The number of benzene rings is 1. The van der Waals surface area contributed by atoms with Gasteiger partial charge in [0, 0.05) is 13.1 Å². The van der Waals surface area contributed by atoms with Gasteiger partial charge in [0.15, 0.2) is 0 Å². The molecule has 98 valence electrons. The third-order valence-corrected chi connectivity index (χ3v) is 4.12. The van der Waals surface area contributed by atoms with E-state index < -0.39 is 6.09 Å². The Bertz CT molecular complexity index is 729. The lowest BCUT2D eigenvalue weighted by Gasteiger charge is -2.23. The average Bonchev–Trinajstić information content (AvgIpc) is 2.77. The molecule has 2 N–H and O–H groups in total. The Hall–Kier alpha value is -2.08. The molecule has 5 nitrogen and oxygen atoms in total. The van der Waals surface area contributed by atoms with Crippen LogP contribution < -0.4 is 4.87 Å². The molecule has 3 rings (SSSR count). The zero-order valence-electron chi connectivity index (χ0n) is 10.0. The summed E-state index contributed by atoms with van der Waals surface area (Å²) in [7, 11) is 0. The summed E-state index contributed by atoms with van der Waals surface area (Å²) in [6, 6.07) is 5.85. The van der Waals surface area contributed by atoms with Crippen LogP contribution in [0.3, 0.4) is 0 Å². The molecule has 0 unspecified atom stereocenters. The highest BCUT2D eigenvalue weighted by Crippen LogP contribution is 2.26. The molecule has 2 aromatic rings. The van der Waals surface area contributed by atoms with Crippen molar-refractivity contribution in [3.63, 3.8) is 0 Å². The Kier molecular flexibility index (Phi) is 2.87. The molecule has 19 heavy (non-hydrogen) atoms. The highest BCUT2D eigenvalue weighted by Gasteiger charge is 2.16. The summed E-state index contributed by atoms with van der Waals surface area (Å²) in [5, 5.41) is 8.90. The number of carboxylic acid groups (broad SMARTS) is 1. The first-order valence-electron chi connectivity index (χ1n) is 5.93. The number of nitrogens with zero attached hydrogens (tertiary/aromatic N) is 1. The fourth-order valence-corrected chi connectivity index (χ4v) is 3.03. The second kappa shape index (κ2) is 4.55. The Morgan fingerprint density at radius 2 is 2.26 bits per heavy atom. The van der Waals surface area contributed by atoms with E-state index in [1.807, 2.05) is 24.3 Å². The molecule has 1 aliphatic heterocycles. The molecule has 0 radical (unpaired) electrons. The fourth-order valence-electron chi connectivity index (χ4n) is 2.25. The number of amides is 1. The van der Waals surface area contributed by atoms with E-state index in [9.17, 15) is 9.59 Å². The summed E-state index contributed by atoms with van der Waals surface area (Å²) in [5.41, 5.74) is 3.05. The highest BCUT2D eigenvalue weighted by molar-refractivity contribution is 7.16. The molecule has 6 heteroatoms. The molecule has 0 aliphatic carbocycles. The van der Waals surface area contributed by atoms with Crippen molar-refractivity contribution >= 4 is 33.2 Å². The molecule has 2 heterocycles. The van der Waals surface area contributed by atoms with Crippen molar-refractivity contribution < 1.29 is 9.90 Å². The van der Waals surface area contributed by atoms with Crippen molar-refractivity contribution in [3.05, 3.63) is 39.5 Å². The molecule has 0 spiro atoms. The minimum Gasteiger partial charge on any atom is -0.465 e. The molecule has 0 atom stereocenters. The van der Waals surface area contributed by atoms with Gasteiger partial charge in [-0.15, -0.1) is 0 Å². The summed E-state index contributed by atoms with van der Waals surface area (Å²) < 4.78 is 0.934. The maximum absolute atomic E-state index is 11.3. The summed E-state index contributed by atoms with van der Waals surface area (Å²) in [6.45, 7) is 0.939. The van der Waals surface area contributed by atoms with Crippen molar-refractivity contribution in [1.29, 1.82) is 0 Å². The maximum atomic E-state index is 11.3. The Balaban J connectivity index is 1.92. The zero-order chi connectivity index (χ0) is 13.4. The van der Waals surface area contributed by atoms with Crippen LogP contribution in [0.2, 0.25) is 0 Å². The van der Waals surface area contributed by atoms with E-state index in [1.54, 1.807) is 0 Å². The van der Waals surface area contributed by atoms with E-state index in [0.717, 1.165) is 21.4 Å². The number of nitrogens with one attached hydrogen (secondary N) is 1. The van der Waals surface area contributed by atoms with E-state index in [2.05, 4.69) is 4.98 Å². The average molecular weight is 276 g/mol.